The van der Waals surface area contributed by atoms with E-state index in [0.29, 0.717) is 23.7 Å². The summed E-state index contributed by atoms with van der Waals surface area (Å²) in [5.41, 5.74) is 0.808. The predicted molar refractivity (Wildman–Crippen MR) is 174 cm³/mol. The summed E-state index contributed by atoms with van der Waals surface area (Å²) in [6.07, 6.45) is -3.37. The number of aliphatic hydroxyl groups is 2. The number of benzene rings is 2. The maximum absolute atomic E-state index is 14.1. The quantitative estimate of drug-likeness (QED) is 0.101. The van der Waals surface area contributed by atoms with Crippen molar-refractivity contribution in [2.75, 3.05) is 19.0 Å². The number of carbonyl (C=O) groups is 3. The molecule has 0 aliphatic heterocycles. The summed E-state index contributed by atoms with van der Waals surface area (Å²) in [4.78, 5) is 36.8. The van der Waals surface area contributed by atoms with Crippen molar-refractivity contribution in [1.29, 1.82) is 0 Å². The van der Waals surface area contributed by atoms with E-state index in [2.05, 4.69) is 10.6 Å². The van der Waals surface area contributed by atoms with Gasteiger partial charge in [0, 0.05) is 34.1 Å². The molecule has 0 heterocycles. The highest BCUT2D eigenvalue weighted by Crippen LogP contribution is 2.27. The molecular weight excluding hydrogens is 643 g/mol. The fourth-order valence-electron chi connectivity index (χ4n) is 4.40. The van der Waals surface area contributed by atoms with Crippen molar-refractivity contribution >= 4 is 41.2 Å². The van der Waals surface area contributed by atoms with Crippen LogP contribution >= 0.6 is 23.4 Å². The number of carboxylic acids is 1. The number of aliphatic hydroxyl groups excluding tert-OH is 2. The molecule has 11 nitrogen and oxygen atoms in total. The van der Waals surface area contributed by atoms with Crippen molar-refractivity contribution in [2.45, 2.75) is 83.7 Å². The standard InChI is InChI=1S/C32H44ClFN2O9S/c1-6-43-27-11-10-21(44-15-30(41)45-19(4)5)12-20(27)13-28(38)36-31(18(2)3)32(42)35-25(14-29(39)40)26(37)17-46-16-22-23(33)8-7-9-24(22)34/h7-12,18-19,25-26,28,31,36-38H,6,13-17H2,1-5H3,(H,35,42)(H,39,40)/t25?,26?,28?,31-/m0/s1. The van der Waals surface area contributed by atoms with Crippen LogP contribution in [0.5, 0.6) is 11.5 Å². The number of halogens is 2. The van der Waals surface area contributed by atoms with Gasteiger partial charge in [0.1, 0.15) is 23.5 Å². The van der Waals surface area contributed by atoms with Gasteiger partial charge in [0.05, 0.1) is 37.3 Å². The van der Waals surface area contributed by atoms with Crippen LogP contribution in [0.2, 0.25) is 5.02 Å². The second-order valence-corrected chi connectivity index (χ2v) is 12.6. The van der Waals surface area contributed by atoms with Gasteiger partial charge in [-0.25, -0.2) is 9.18 Å². The lowest BCUT2D eigenvalue weighted by Gasteiger charge is -2.29. The van der Waals surface area contributed by atoms with Crippen molar-refractivity contribution in [1.82, 2.24) is 10.6 Å². The molecule has 2 aromatic rings. The Balaban J connectivity index is 2.09. The molecule has 0 fully saturated rings. The van der Waals surface area contributed by atoms with Crippen LogP contribution in [0.1, 0.15) is 52.2 Å². The lowest BCUT2D eigenvalue weighted by atomic mass is 10.0. The third-order valence-electron chi connectivity index (χ3n) is 6.57. The van der Waals surface area contributed by atoms with E-state index < -0.39 is 54.5 Å². The molecule has 14 heteroatoms. The van der Waals surface area contributed by atoms with Crippen LogP contribution in [0.25, 0.3) is 0 Å². The molecule has 0 radical (unpaired) electrons. The molecule has 2 aromatic carbocycles. The summed E-state index contributed by atoms with van der Waals surface area (Å²) in [7, 11) is 0. The summed E-state index contributed by atoms with van der Waals surface area (Å²) in [5, 5.41) is 36.9. The number of rotatable bonds is 20. The number of carbonyl (C=O) groups excluding carboxylic acids is 2. The van der Waals surface area contributed by atoms with Gasteiger partial charge in [0.25, 0.3) is 0 Å². The Bertz CT molecular complexity index is 1280. The van der Waals surface area contributed by atoms with E-state index in [-0.39, 0.29) is 47.1 Å². The highest BCUT2D eigenvalue weighted by atomic mass is 35.5. The van der Waals surface area contributed by atoms with Crippen LogP contribution in [0.15, 0.2) is 36.4 Å². The summed E-state index contributed by atoms with van der Waals surface area (Å²) in [6, 6.07) is 7.07. The lowest BCUT2D eigenvalue weighted by molar-refractivity contribution is -0.149. The molecule has 4 atom stereocenters. The Morgan fingerprint density at radius 3 is 2.39 bits per heavy atom. The third kappa shape index (κ3) is 13.3. The van der Waals surface area contributed by atoms with Gasteiger partial charge in [-0.3, -0.25) is 14.9 Å². The maximum Gasteiger partial charge on any atom is 0.344 e. The predicted octanol–water partition coefficient (Wildman–Crippen LogP) is 3.94. The van der Waals surface area contributed by atoms with E-state index in [1.54, 1.807) is 58.9 Å². The molecule has 0 saturated carbocycles. The zero-order valence-corrected chi connectivity index (χ0v) is 28.2. The summed E-state index contributed by atoms with van der Waals surface area (Å²) < 4.78 is 30.4. The van der Waals surface area contributed by atoms with Gasteiger partial charge < -0.3 is 34.8 Å². The zero-order valence-electron chi connectivity index (χ0n) is 26.6. The number of hydrogen-bond acceptors (Lipinski definition) is 10. The average molecular weight is 687 g/mol. The minimum Gasteiger partial charge on any atom is -0.494 e. The Morgan fingerprint density at radius 2 is 1.78 bits per heavy atom. The molecule has 0 aliphatic carbocycles. The van der Waals surface area contributed by atoms with Gasteiger partial charge in [0.15, 0.2) is 6.61 Å². The number of thioether (sulfide) groups is 1. The van der Waals surface area contributed by atoms with Crippen LogP contribution in [-0.4, -0.2) is 82.7 Å². The van der Waals surface area contributed by atoms with Crippen molar-refractivity contribution in [2.24, 2.45) is 5.92 Å². The molecule has 0 aromatic heterocycles. The van der Waals surface area contributed by atoms with Gasteiger partial charge in [-0.1, -0.05) is 31.5 Å². The lowest BCUT2D eigenvalue weighted by Crippen LogP contribution is -2.56. The smallest absolute Gasteiger partial charge is 0.344 e. The molecule has 3 unspecified atom stereocenters. The largest absolute Gasteiger partial charge is 0.494 e. The topological polar surface area (TPSA) is 164 Å². The molecule has 2 rings (SSSR count). The van der Waals surface area contributed by atoms with E-state index in [9.17, 15) is 34.1 Å². The van der Waals surface area contributed by atoms with Gasteiger partial charge in [-0.15, -0.1) is 0 Å². The molecule has 46 heavy (non-hydrogen) atoms. The molecule has 0 saturated heterocycles. The van der Waals surface area contributed by atoms with Gasteiger partial charge in [-0.05, 0) is 57.0 Å². The Morgan fingerprint density at radius 1 is 1.07 bits per heavy atom. The monoisotopic (exact) mass is 686 g/mol. The number of amides is 1. The zero-order chi connectivity index (χ0) is 34.4. The number of carboxylic acid groups (broad SMARTS) is 1. The van der Waals surface area contributed by atoms with Crippen LogP contribution < -0.4 is 20.1 Å². The minimum atomic E-state index is -1.28. The SMILES string of the molecule is CCOc1ccc(OCC(=O)OC(C)C)cc1CC(O)N[C@H](C(=O)NC(CC(=O)O)C(O)CSCc1c(F)cccc1Cl)C(C)C. The molecule has 1 amide bonds. The first-order valence-electron chi connectivity index (χ1n) is 14.9. The van der Waals surface area contributed by atoms with Crippen LogP contribution in [0, 0.1) is 11.7 Å². The van der Waals surface area contributed by atoms with Gasteiger partial charge in [-0.2, -0.15) is 11.8 Å². The molecule has 0 spiro atoms. The Labute approximate surface area is 278 Å². The van der Waals surface area contributed by atoms with E-state index in [1.165, 1.54) is 12.1 Å². The first-order chi connectivity index (χ1) is 21.7. The van der Waals surface area contributed by atoms with Crippen molar-refractivity contribution in [3.05, 3.63) is 58.4 Å². The molecule has 256 valence electrons. The van der Waals surface area contributed by atoms with Crippen molar-refractivity contribution < 1.29 is 48.3 Å². The number of ether oxygens (including phenoxy) is 3. The fourth-order valence-corrected chi connectivity index (χ4v) is 5.80. The second-order valence-electron chi connectivity index (χ2n) is 11.1. The molecule has 0 bridgehead atoms. The average Bonchev–Trinajstić information content (AvgIpc) is 2.96. The molecule has 5 N–H and O–H groups in total. The summed E-state index contributed by atoms with van der Waals surface area (Å²) in [5.74, 6) is -2.25. The maximum atomic E-state index is 14.1. The Hall–Kier alpha value is -3.10. The van der Waals surface area contributed by atoms with E-state index in [0.717, 1.165) is 11.8 Å². The van der Waals surface area contributed by atoms with Crippen LogP contribution in [0.4, 0.5) is 4.39 Å². The third-order valence-corrected chi connectivity index (χ3v) is 8.00. The number of aliphatic carboxylic acids is 1. The Kier molecular flexibility index (Phi) is 16.6. The van der Waals surface area contributed by atoms with Crippen LogP contribution in [0.3, 0.4) is 0 Å². The highest BCUT2D eigenvalue weighted by molar-refractivity contribution is 7.98. The van der Waals surface area contributed by atoms with E-state index in [1.807, 2.05) is 0 Å². The molecule has 0 aliphatic rings. The second kappa shape index (κ2) is 19.5. The van der Waals surface area contributed by atoms with Crippen molar-refractivity contribution in [3.63, 3.8) is 0 Å². The summed E-state index contributed by atoms with van der Waals surface area (Å²) >= 11 is 7.21. The first kappa shape index (κ1) is 39.1. The fraction of sp³-hybridized carbons (Fsp3) is 0.531. The van der Waals surface area contributed by atoms with E-state index in [4.69, 9.17) is 25.8 Å². The number of hydrogen-bond donors (Lipinski definition) is 5. The van der Waals surface area contributed by atoms with Crippen LogP contribution in [-0.2, 0) is 31.3 Å². The van der Waals surface area contributed by atoms with Crippen molar-refractivity contribution in [3.8, 4) is 11.5 Å². The molecular formula is C32H44ClFN2O9S. The first-order valence-corrected chi connectivity index (χ1v) is 16.5. The van der Waals surface area contributed by atoms with Gasteiger partial charge >= 0.3 is 11.9 Å². The van der Waals surface area contributed by atoms with Gasteiger partial charge in [0.2, 0.25) is 5.91 Å². The number of nitrogens with one attached hydrogen (secondary N) is 2. The minimum absolute atomic E-state index is 0.000895. The summed E-state index contributed by atoms with van der Waals surface area (Å²) in [6.45, 7) is 8.81. The highest BCUT2D eigenvalue weighted by Gasteiger charge is 2.30. The number of esters is 1. The normalized spacial score (nSPS) is 14.0. The van der Waals surface area contributed by atoms with E-state index >= 15 is 0 Å².